The molecule has 0 aliphatic heterocycles. The second-order valence-electron chi connectivity index (χ2n) is 13.0. The molecule has 0 atom stereocenters. The van der Waals surface area contributed by atoms with Crippen LogP contribution in [0.1, 0.15) is 0 Å². The Labute approximate surface area is 290 Å². The molecular formula is C48H31NO. The third-order valence-electron chi connectivity index (χ3n) is 9.99. The van der Waals surface area contributed by atoms with Crippen LogP contribution in [0.25, 0.3) is 76.5 Å². The minimum Gasteiger partial charge on any atom is -0.456 e. The van der Waals surface area contributed by atoms with Crippen LogP contribution in [0.15, 0.2) is 192 Å². The van der Waals surface area contributed by atoms with Crippen molar-refractivity contribution in [1.82, 2.24) is 0 Å². The zero-order valence-electron chi connectivity index (χ0n) is 27.3. The molecule has 50 heavy (non-hydrogen) atoms. The van der Waals surface area contributed by atoms with Crippen molar-refractivity contribution < 1.29 is 4.42 Å². The molecule has 10 rings (SSSR count). The molecule has 0 bridgehead atoms. The van der Waals surface area contributed by atoms with Gasteiger partial charge in [-0.25, -0.2) is 0 Å². The van der Waals surface area contributed by atoms with Crippen LogP contribution in [-0.4, -0.2) is 0 Å². The summed E-state index contributed by atoms with van der Waals surface area (Å²) in [6, 6.07) is 67.7. The smallest absolute Gasteiger partial charge is 0.136 e. The van der Waals surface area contributed by atoms with Crippen molar-refractivity contribution in [3.63, 3.8) is 0 Å². The first-order chi connectivity index (χ1) is 24.7. The molecule has 0 fully saturated rings. The summed E-state index contributed by atoms with van der Waals surface area (Å²) in [4.78, 5) is 2.36. The Hall–Kier alpha value is -6.64. The largest absolute Gasteiger partial charge is 0.456 e. The molecule has 2 nitrogen and oxygen atoms in total. The average molecular weight is 638 g/mol. The van der Waals surface area contributed by atoms with Gasteiger partial charge in [0.05, 0.1) is 0 Å². The number of para-hydroxylation sites is 1. The zero-order valence-corrected chi connectivity index (χ0v) is 27.3. The van der Waals surface area contributed by atoms with Gasteiger partial charge in [0.25, 0.3) is 0 Å². The first kappa shape index (κ1) is 28.4. The van der Waals surface area contributed by atoms with E-state index in [1.54, 1.807) is 0 Å². The highest BCUT2D eigenvalue weighted by Gasteiger charge is 2.16. The molecule has 9 aromatic carbocycles. The van der Waals surface area contributed by atoms with Gasteiger partial charge in [-0.15, -0.1) is 0 Å². The lowest BCUT2D eigenvalue weighted by molar-refractivity contribution is 0.669. The fourth-order valence-corrected chi connectivity index (χ4v) is 7.49. The van der Waals surface area contributed by atoms with Crippen LogP contribution in [0.5, 0.6) is 0 Å². The molecule has 0 amide bonds. The molecule has 0 radical (unpaired) electrons. The first-order valence-electron chi connectivity index (χ1n) is 17.1. The highest BCUT2D eigenvalue weighted by atomic mass is 16.3. The van der Waals surface area contributed by atoms with Crippen LogP contribution in [0.4, 0.5) is 17.1 Å². The highest BCUT2D eigenvalue weighted by molar-refractivity contribution is 6.11. The number of rotatable bonds is 5. The van der Waals surface area contributed by atoms with Gasteiger partial charge in [0.15, 0.2) is 0 Å². The monoisotopic (exact) mass is 637 g/mol. The van der Waals surface area contributed by atoms with E-state index in [-0.39, 0.29) is 0 Å². The van der Waals surface area contributed by atoms with Gasteiger partial charge >= 0.3 is 0 Å². The van der Waals surface area contributed by atoms with Crippen molar-refractivity contribution in [2.45, 2.75) is 0 Å². The highest BCUT2D eigenvalue weighted by Crippen LogP contribution is 2.40. The predicted octanol–water partition coefficient (Wildman–Crippen LogP) is 13.8. The Bertz CT molecular complexity index is 2870. The maximum absolute atomic E-state index is 6.21. The van der Waals surface area contributed by atoms with Crippen molar-refractivity contribution in [3.05, 3.63) is 188 Å². The summed E-state index contributed by atoms with van der Waals surface area (Å²) < 4.78 is 6.21. The number of benzene rings is 9. The third-order valence-corrected chi connectivity index (χ3v) is 9.99. The van der Waals surface area contributed by atoms with Crippen LogP contribution in [0.2, 0.25) is 0 Å². The Morgan fingerprint density at radius 2 is 0.920 bits per heavy atom. The molecule has 1 heterocycles. The molecule has 0 spiro atoms. The predicted molar refractivity (Wildman–Crippen MR) is 212 cm³/mol. The maximum atomic E-state index is 6.21. The summed E-state index contributed by atoms with van der Waals surface area (Å²) in [5.74, 6) is 0. The van der Waals surface area contributed by atoms with Crippen LogP contribution in [0, 0.1) is 0 Å². The Morgan fingerprint density at radius 3 is 1.82 bits per heavy atom. The van der Waals surface area contributed by atoms with E-state index in [2.05, 4.69) is 181 Å². The molecule has 1 aromatic heterocycles. The lowest BCUT2D eigenvalue weighted by Crippen LogP contribution is -2.10. The van der Waals surface area contributed by atoms with E-state index in [4.69, 9.17) is 4.42 Å². The molecule has 0 aliphatic carbocycles. The van der Waals surface area contributed by atoms with Gasteiger partial charge in [-0.2, -0.15) is 0 Å². The number of hydrogen-bond donors (Lipinski definition) is 0. The summed E-state index contributed by atoms with van der Waals surface area (Å²) in [6.45, 7) is 0. The second kappa shape index (κ2) is 11.5. The summed E-state index contributed by atoms with van der Waals surface area (Å²) in [7, 11) is 0. The fourth-order valence-electron chi connectivity index (χ4n) is 7.49. The van der Waals surface area contributed by atoms with Crippen molar-refractivity contribution in [1.29, 1.82) is 0 Å². The molecule has 0 N–H and O–H groups in total. The Kier molecular flexibility index (Phi) is 6.53. The van der Waals surface area contributed by atoms with Crippen molar-refractivity contribution in [2.75, 3.05) is 4.90 Å². The van der Waals surface area contributed by atoms with Crippen LogP contribution in [0.3, 0.4) is 0 Å². The molecular weight excluding hydrogens is 607 g/mol. The van der Waals surface area contributed by atoms with E-state index >= 15 is 0 Å². The summed E-state index contributed by atoms with van der Waals surface area (Å²) >= 11 is 0. The number of anilines is 3. The van der Waals surface area contributed by atoms with Gasteiger partial charge < -0.3 is 9.32 Å². The quantitative estimate of drug-likeness (QED) is 0.175. The molecule has 2 heteroatoms. The van der Waals surface area contributed by atoms with Crippen LogP contribution in [-0.2, 0) is 0 Å². The van der Waals surface area contributed by atoms with Crippen molar-refractivity contribution in [2.24, 2.45) is 0 Å². The van der Waals surface area contributed by atoms with E-state index in [9.17, 15) is 0 Å². The van der Waals surface area contributed by atoms with Gasteiger partial charge in [0.2, 0.25) is 0 Å². The van der Waals surface area contributed by atoms with E-state index in [0.29, 0.717) is 0 Å². The lowest BCUT2D eigenvalue weighted by atomic mass is 9.99. The number of furan rings is 1. The normalized spacial score (nSPS) is 11.6. The molecule has 0 saturated carbocycles. The van der Waals surface area contributed by atoms with Gasteiger partial charge in [-0.1, -0.05) is 127 Å². The van der Waals surface area contributed by atoms with Gasteiger partial charge in [0.1, 0.15) is 11.2 Å². The number of hydrogen-bond acceptors (Lipinski definition) is 2. The van der Waals surface area contributed by atoms with E-state index in [1.165, 1.54) is 54.6 Å². The minimum absolute atomic E-state index is 0.919. The van der Waals surface area contributed by atoms with E-state index in [0.717, 1.165) is 39.0 Å². The Morgan fingerprint density at radius 1 is 0.280 bits per heavy atom. The van der Waals surface area contributed by atoms with Gasteiger partial charge in [-0.3, -0.25) is 0 Å². The number of fused-ring (bicyclic) bond motifs is 7. The molecule has 234 valence electrons. The van der Waals surface area contributed by atoms with Crippen molar-refractivity contribution in [3.8, 4) is 22.3 Å². The minimum atomic E-state index is 0.919. The third kappa shape index (κ3) is 4.81. The molecule has 10 aromatic rings. The maximum Gasteiger partial charge on any atom is 0.136 e. The SMILES string of the molecule is c1ccc(-c2cccc(N(c3ccc(-c4ccc5cc6c(cc5c4)oc4ccccc46)cc3)c3ccc4c(ccc5ccccc54)c3)c2)cc1. The fraction of sp³-hybridized carbons (Fsp3) is 0. The van der Waals surface area contributed by atoms with E-state index < -0.39 is 0 Å². The average Bonchev–Trinajstić information content (AvgIpc) is 3.55. The zero-order chi connectivity index (χ0) is 33.0. The molecule has 0 unspecified atom stereocenters. The molecule has 0 saturated heterocycles. The topological polar surface area (TPSA) is 16.4 Å². The van der Waals surface area contributed by atoms with E-state index in [1.807, 2.05) is 12.1 Å². The van der Waals surface area contributed by atoms with Crippen LogP contribution < -0.4 is 4.90 Å². The van der Waals surface area contributed by atoms with Crippen molar-refractivity contribution >= 4 is 71.3 Å². The first-order valence-corrected chi connectivity index (χ1v) is 17.1. The summed E-state index contributed by atoms with van der Waals surface area (Å²) in [6.07, 6.45) is 0. The standard InChI is InChI=1S/C48H31NO/c1-2-9-32(10-3-1)35-12-8-13-41(28-35)49(42-25-26-44-38(29-42)20-17-34-11-4-5-14-43(34)44)40-23-21-33(22-24-40)36-18-19-37-30-46-45-15-6-7-16-47(45)50-48(46)31-39(37)27-36/h1-31H. The lowest BCUT2D eigenvalue weighted by Gasteiger charge is -2.27. The summed E-state index contributed by atoms with van der Waals surface area (Å²) in [5, 5.41) is 9.69. The Balaban J connectivity index is 1.07. The molecule has 0 aliphatic rings. The second-order valence-corrected chi connectivity index (χ2v) is 13.0. The van der Waals surface area contributed by atoms with Gasteiger partial charge in [-0.05, 0) is 115 Å². The van der Waals surface area contributed by atoms with Crippen LogP contribution >= 0.6 is 0 Å². The van der Waals surface area contributed by atoms with Gasteiger partial charge in [0, 0.05) is 27.8 Å². The number of nitrogens with zero attached hydrogens (tertiary/aromatic N) is 1. The summed E-state index contributed by atoms with van der Waals surface area (Å²) in [5.41, 5.74) is 9.90.